The first-order chi connectivity index (χ1) is 6.86. The highest BCUT2D eigenvalue weighted by Gasteiger charge is 2.28. The van der Waals surface area contributed by atoms with E-state index in [1.165, 1.54) is 0 Å². The molecule has 14 heavy (non-hydrogen) atoms. The Balaban J connectivity index is 2.37. The van der Waals surface area contributed by atoms with E-state index in [2.05, 4.69) is 21.7 Å². The Labute approximate surface area is 81.5 Å². The first-order valence-corrected chi connectivity index (χ1v) is 4.76. The van der Waals surface area contributed by atoms with Crippen LogP contribution in [0, 0.1) is 0 Å². The lowest BCUT2D eigenvalue weighted by Crippen LogP contribution is -2.50. The second-order valence-electron chi connectivity index (χ2n) is 3.63. The van der Waals surface area contributed by atoms with Crippen molar-refractivity contribution >= 4 is 11.8 Å². The van der Waals surface area contributed by atoms with E-state index in [4.69, 9.17) is 5.73 Å². The Bertz CT molecular complexity index is 479. The molecule has 2 aliphatic rings. The maximum atomic E-state index is 6.03. The Morgan fingerprint density at radius 1 is 1.50 bits per heavy atom. The zero-order valence-electron chi connectivity index (χ0n) is 7.70. The molecule has 1 aromatic heterocycles. The molecule has 0 radical (unpaired) electrons. The molecule has 2 unspecified atom stereocenters. The van der Waals surface area contributed by atoms with Gasteiger partial charge in [0.1, 0.15) is 0 Å². The Morgan fingerprint density at radius 2 is 2.43 bits per heavy atom. The third-order valence-electron chi connectivity index (χ3n) is 2.76. The van der Waals surface area contributed by atoms with Gasteiger partial charge in [0.05, 0.1) is 23.8 Å². The highest BCUT2D eigenvalue weighted by Crippen LogP contribution is 2.09. The minimum Gasteiger partial charge on any atom is -0.373 e. The first-order valence-electron chi connectivity index (χ1n) is 4.76. The average molecular weight is 188 g/mol. The molecule has 3 rings (SSSR count). The van der Waals surface area contributed by atoms with Crippen LogP contribution in [0.25, 0.3) is 11.8 Å². The lowest BCUT2D eigenvalue weighted by molar-refractivity contribution is 0.627. The highest BCUT2D eigenvalue weighted by molar-refractivity contribution is 5.58. The lowest BCUT2D eigenvalue weighted by atomic mass is 10.00. The second kappa shape index (κ2) is 2.80. The summed E-state index contributed by atoms with van der Waals surface area (Å²) in [5.41, 5.74) is 7.16. The Hall–Kier alpha value is -1.39. The summed E-state index contributed by atoms with van der Waals surface area (Å²) in [6, 6.07) is 4.23. The van der Waals surface area contributed by atoms with E-state index in [1.807, 2.05) is 18.3 Å². The summed E-state index contributed by atoms with van der Waals surface area (Å²) in [5, 5.41) is 8.75. The average Bonchev–Trinajstić information content (AvgIpc) is 2.67. The molecule has 0 amide bonds. The van der Waals surface area contributed by atoms with Crippen LogP contribution in [0.3, 0.4) is 0 Å². The van der Waals surface area contributed by atoms with Gasteiger partial charge in [0.2, 0.25) is 0 Å². The summed E-state index contributed by atoms with van der Waals surface area (Å²) in [4.78, 5) is 4.37. The van der Waals surface area contributed by atoms with Gasteiger partial charge in [-0.2, -0.15) is 0 Å². The fourth-order valence-electron chi connectivity index (χ4n) is 2.11. The Kier molecular flexibility index (Phi) is 1.59. The molecule has 4 nitrogen and oxygen atoms in total. The molecule has 1 saturated heterocycles. The minimum atomic E-state index is 0.0386. The molecular formula is C10H12N4. The maximum Gasteiger partial charge on any atom is 0.0905 e. The van der Waals surface area contributed by atoms with Crippen LogP contribution in [0.15, 0.2) is 18.3 Å². The van der Waals surface area contributed by atoms with Crippen LogP contribution in [-0.4, -0.2) is 23.7 Å². The topological polar surface area (TPSA) is 63.0 Å². The molecule has 2 heterocycles. The molecule has 4 heteroatoms. The van der Waals surface area contributed by atoms with Crippen molar-refractivity contribution in [2.45, 2.75) is 12.1 Å². The fourth-order valence-corrected chi connectivity index (χ4v) is 2.11. The third kappa shape index (κ3) is 0.981. The van der Waals surface area contributed by atoms with E-state index in [0.717, 1.165) is 22.9 Å². The molecule has 1 aliphatic carbocycles. The smallest absolute Gasteiger partial charge is 0.0905 e. The highest BCUT2D eigenvalue weighted by atomic mass is 15.2. The number of hydrogen-bond donors (Lipinski definition) is 3. The molecule has 1 aromatic rings. The number of nitrogens with two attached hydrogens (primary N) is 1. The molecule has 1 fully saturated rings. The van der Waals surface area contributed by atoms with Crippen LogP contribution in [0.2, 0.25) is 0 Å². The molecule has 1 aliphatic heterocycles. The van der Waals surface area contributed by atoms with Gasteiger partial charge in [0.25, 0.3) is 0 Å². The van der Waals surface area contributed by atoms with E-state index in [0.29, 0.717) is 0 Å². The van der Waals surface area contributed by atoms with Crippen LogP contribution in [0.4, 0.5) is 0 Å². The number of fused-ring (bicyclic) bond motifs is 2. The molecule has 2 atom stereocenters. The Morgan fingerprint density at radius 3 is 3.36 bits per heavy atom. The van der Waals surface area contributed by atoms with Crippen molar-refractivity contribution in [1.82, 2.24) is 15.6 Å². The van der Waals surface area contributed by atoms with E-state index < -0.39 is 0 Å². The molecule has 72 valence electrons. The minimum absolute atomic E-state index is 0.0386. The molecule has 0 spiro atoms. The van der Waals surface area contributed by atoms with Crippen LogP contribution in [-0.2, 0) is 0 Å². The number of pyridine rings is 1. The van der Waals surface area contributed by atoms with Gasteiger partial charge in [-0.3, -0.25) is 10.3 Å². The quantitative estimate of drug-likeness (QED) is 0.433. The van der Waals surface area contributed by atoms with Crippen molar-refractivity contribution in [2.75, 3.05) is 6.67 Å². The van der Waals surface area contributed by atoms with E-state index >= 15 is 0 Å². The van der Waals surface area contributed by atoms with Gasteiger partial charge in [0.15, 0.2) is 0 Å². The van der Waals surface area contributed by atoms with Crippen LogP contribution in [0.1, 0.15) is 0 Å². The summed E-state index contributed by atoms with van der Waals surface area (Å²) in [5.74, 6) is 0. The predicted octanol–water partition coefficient (Wildman–Crippen LogP) is -2.17. The predicted molar refractivity (Wildman–Crippen MR) is 54.3 cm³/mol. The van der Waals surface area contributed by atoms with Gasteiger partial charge in [-0.05, 0) is 11.3 Å². The molecule has 0 saturated carbocycles. The summed E-state index contributed by atoms with van der Waals surface area (Å²) in [6.07, 6.45) is 3.88. The molecule has 0 aromatic carbocycles. The first kappa shape index (κ1) is 7.96. The van der Waals surface area contributed by atoms with Crippen molar-refractivity contribution in [2.24, 2.45) is 5.73 Å². The van der Waals surface area contributed by atoms with Crippen molar-refractivity contribution < 1.29 is 0 Å². The third-order valence-corrected chi connectivity index (χ3v) is 2.76. The fraction of sp³-hybridized carbons (Fsp3) is 0.300. The van der Waals surface area contributed by atoms with Gasteiger partial charge >= 0.3 is 0 Å². The van der Waals surface area contributed by atoms with Gasteiger partial charge < -0.3 is 11.1 Å². The van der Waals surface area contributed by atoms with E-state index in [9.17, 15) is 0 Å². The summed E-state index contributed by atoms with van der Waals surface area (Å²) >= 11 is 0. The van der Waals surface area contributed by atoms with Gasteiger partial charge in [0, 0.05) is 12.2 Å². The van der Waals surface area contributed by atoms with Crippen molar-refractivity contribution in [3.63, 3.8) is 0 Å². The standard InChI is InChI=1S/C10H12N4/c11-7-4-6-2-1-3-12-8(6)10-9(7)13-5-14-10/h1-4,7,9,13-14H,5,11H2. The van der Waals surface area contributed by atoms with Crippen LogP contribution in [0.5, 0.6) is 0 Å². The van der Waals surface area contributed by atoms with Gasteiger partial charge in [-0.15, -0.1) is 0 Å². The summed E-state index contributed by atoms with van der Waals surface area (Å²) in [6.45, 7) is 0.775. The van der Waals surface area contributed by atoms with Crippen molar-refractivity contribution in [1.29, 1.82) is 0 Å². The number of aromatic nitrogens is 1. The van der Waals surface area contributed by atoms with Gasteiger partial charge in [-0.25, -0.2) is 0 Å². The molecule has 0 bridgehead atoms. The second-order valence-corrected chi connectivity index (χ2v) is 3.63. The molecular weight excluding hydrogens is 176 g/mol. The van der Waals surface area contributed by atoms with Crippen LogP contribution >= 0.6 is 0 Å². The normalized spacial score (nSPS) is 28.8. The number of nitrogens with one attached hydrogen (secondary N) is 2. The van der Waals surface area contributed by atoms with Crippen molar-refractivity contribution in [3.05, 3.63) is 28.9 Å². The largest absolute Gasteiger partial charge is 0.373 e. The molecule has 4 N–H and O–H groups in total. The number of rotatable bonds is 0. The zero-order valence-corrected chi connectivity index (χ0v) is 7.70. The lowest BCUT2D eigenvalue weighted by Gasteiger charge is -2.19. The SMILES string of the molecule is NC1C=c2cccnc2=C2NCNC21. The van der Waals surface area contributed by atoms with Gasteiger partial charge in [-0.1, -0.05) is 12.1 Å². The summed E-state index contributed by atoms with van der Waals surface area (Å²) in [7, 11) is 0. The zero-order chi connectivity index (χ0) is 9.54. The van der Waals surface area contributed by atoms with E-state index in [-0.39, 0.29) is 12.1 Å². The maximum absolute atomic E-state index is 6.03. The monoisotopic (exact) mass is 188 g/mol. The number of nitrogens with zero attached hydrogens (tertiary/aromatic N) is 1. The van der Waals surface area contributed by atoms with Crippen LogP contribution < -0.4 is 26.9 Å². The van der Waals surface area contributed by atoms with E-state index in [1.54, 1.807) is 0 Å². The summed E-state index contributed by atoms with van der Waals surface area (Å²) < 4.78 is 0. The number of hydrogen-bond acceptors (Lipinski definition) is 4. The van der Waals surface area contributed by atoms with Crippen molar-refractivity contribution in [3.8, 4) is 0 Å².